The predicted molar refractivity (Wildman–Crippen MR) is 201 cm³/mol. The third-order valence-electron chi connectivity index (χ3n) is 8.82. The second-order valence-corrected chi connectivity index (χ2v) is 15.0. The number of ether oxygens (including phenoxy) is 2. The van der Waals surface area contributed by atoms with Crippen molar-refractivity contribution in [2.45, 2.75) is 45.3 Å². The Morgan fingerprint density at radius 2 is 1.77 bits per heavy atom. The van der Waals surface area contributed by atoms with Gasteiger partial charge in [-0.1, -0.05) is 0 Å². The van der Waals surface area contributed by atoms with Crippen LogP contribution in [0.2, 0.25) is 0 Å². The van der Waals surface area contributed by atoms with Crippen LogP contribution < -0.4 is 37.3 Å². The molecule has 280 valence electrons. The molecular weight excluding hydrogens is 870 g/mol. The Kier molecular flexibility index (Phi) is 13.3. The number of methoxy groups -OCH3 is 2. The fourth-order valence-electron chi connectivity index (χ4n) is 6.22. The number of imidazole rings is 1. The van der Waals surface area contributed by atoms with Crippen LogP contribution in [0.1, 0.15) is 38.4 Å². The minimum Gasteiger partial charge on any atom is -1.00 e. The van der Waals surface area contributed by atoms with Gasteiger partial charge in [-0.2, -0.15) is 4.98 Å². The minimum absolute atomic E-state index is 0. The molecule has 0 saturated carbocycles. The average molecular weight is 912 g/mol. The topological polar surface area (TPSA) is 160 Å². The molecule has 0 radical (unpaired) electrons. The number of carbonyl (C=O) groups excluding carboxylic acids is 1. The minimum atomic E-state index is -0.478. The van der Waals surface area contributed by atoms with Crippen LogP contribution in [0, 0.1) is 10.1 Å². The van der Waals surface area contributed by atoms with E-state index in [1.165, 1.54) is 6.33 Å². The summed E-state index contributed by atoms with van der Waals surface area (Å²) in [5.74, 6) is 1.13. The van der Waals surface area contributed by atoms with E-state index in [0.29, 0.717) is 97.8 Å². The molecule has 0 spiro atoms. The molecule has 1 saturated heterocycles. The van der Waals surface area contributed by atoms with Gasteiger partial charge in [-0.3, -0.25) is 14.2 Å². The van der Waals surface area contributed by atoms with Gasteiger partial charge in [-0.25, -0.2) is 4.98 Å². The summed E-state index contributed by atoms with van der Waals surface area (Å²) in [6, 6.07) is 3.36. The normalized spacial score (nSPS) is 13.8. The first-order chi connectivity index (χ1) is 24.1. The number of halogens is 3. The number of piperidine rings is 1. The lowest BCUT2D eigenvalue weighted by molar-refractivity contribution is -0.898. The maximum absolute atomic E-state index is 14.6. The second-order valence-electron chi connectivity index (χ2n) is 13.4. The van der Waals surface area contributed by atoms with E-state index < -0.39 is 4.92 Å². The van der Waals surface area contributed by atoms with E-state index in [4.69, 9.17) is 14.5 Å². The van der Waals surface area contributed by atoms with Crippen molar-refractivity contribution in [1.82, 2.24) is 29.0 Å². The van der Waals surface area contributed by atoms with Gasteiger partial charge >= 0.3 is 5.82 Å². The maximum Gasteiger partial charge on any atom is 0.390 e. The Hall–Kier alpha value is -3.87. The van der Waals surface area contributed by atoms with Crippen molar-refractivity contribution in [3.05, 3.63) is 71.9 Å². The molecule has 0 bridgehead atoms. The highest BCUT2D eigenvalue weighted by Crippen LogP contribution is 2.46. The maximum atomic E-state index is 14.6. The number of benzene rings is 1. The van der Waals surface area contributed by atoms with Crippen molar-refractivity contribution in [1.29, 1.82) is 0 Å². The number of likely N-dealkylation sites (N-methyl/N-ethyl adjacent to an activating group) is 1. The van der Waals surface area contributed by atoms with Gasteiger partial charge in [0.25, 0.3) is 5.56 Å². The van der Waals surface area contributed by atoms with Gasteiger partial charge in [0.2, 0.25) is 18.2 Å². The summed E-state index contributed by atoms with van der Waals surface area (Å²) in [5.41, 5.74) is 1.76. The summed E-state index contributed by atoms with van der Waals surface area (Å²) in [5, 5.41) is 15.3. The highest BCUT2D eigenvalue weighted by atomic mass is 79.9. The molecule has 0 unspecified atom stereocenters. The number of nitro groups is 1. The summed E-state index contributed by atoms with van der Waals surface area (Å²) in [6.07, 6.45) is 7.57. The van der Waals surface area contributed by atoms with Crippen molar-refractivity contribution in [2.24, 2.45) is 7.05 Å². The van der Waals surface area contributed by atoms with Crippen molar-refractivity contribution in [3.8, 4) is 22.6 Å². The predicted octanol–water partition coefficient (Wildman–Crippen LogP) is 2.46. The van der Waals surface area contributed by atoms with Crippen LogP contribution in [0.5, 0.6) is 11.5 Å². The van der Waals surface area contributed by atoms with E-state index in [-0.39, 0.29) is 46.3 Å². The Morgan fingerprint density at radius 1 is 1.13 bits per heavy atom. The standard InChI is InChI=1S/C34H41Br2N9O6.BrH/c1-20(2)39-34-37-17-21-15-23(28-29(35)25(50-6)16-26(51-7)30(28)36)33(47)43(31(21)40-34)22-10-12-42(13-11-22)27(46)9-8-14-45(4,5)18-24-32(44(48)49)38-19-41(24)3;/h8-9,15-17,19-20,22H,10-14,18H2,1-7H3;1H/b9-8+;. The lowest BCUT2D eigenvalue weighted by atomic mass is 10.0. The number of rotatable bonds is 12. The van der Waals surface area contributed by atoms with E-state index in [2.05, 4.69) is 47.1 Å². The van der Waals surface area contributed by atoms with Gasteiger partial charge in [0.05, 0.1) is 49.4 Å². The number of nitrogens with zero attached hydrogens (tertiary/aromatic N) is 8. The summed E-state index contributed by atoms with van der Waals surface area (Å²) in [4.78, 5) is 53.8. The number of aryl methyl sites for hydroxylation is 1. The zero-order valence-corrected chi connectivity index (χ0v) is 34.8. The van der Waals surface area contributed by atoms with Crippen LogP contribution in [-0.4, -0.2) is 98.3 Å². The molecular formula is C34H42Br3N9O6. The van der Waals surface area contributed by atoms with Crippen molar-refractivity contribution in [2.75, 3.05) is 53.3 Å². The molecule has 5 rings (SSSR count). The average Bonchev–Trinajstić information content (AvgIpc) is 3.44. The van der Waals surface area contributed by atoms with Crippen LogP contribution in [0.4, 0.5) is 11.8 Å². The van der Waals surface area contributed by atoms with E-state index in [1.54, 1.807) is 65.8 Å². The molecule has 1 aliphatic rings. The third-order valence-corrected chi connectivity index (χ3v) is 10.4. The van der Waals surface area contributed by atoms with E-state index in [1.807, 2.05) is 27.9 Å². The number of nitrogens with one attached hydrogen (secondary N) is 1. The summed E-state index contributed by atoms with van der Waals surface area (Å²) >= 11 is 7.30. The third kappa shape index (κ3) is 8.66. The van der Waals surface area contributed by atoms with E-state index in [9.17, 15) is 19.7 Å². The molecule has 1 fully saturated rings. The quantitative estimate of drug-likeness (QED) is 0.0970. The number of hydrogen-bond acceptors (Lipinski definition) is 10. The van der Waals surface area contributed by atoms with E-state index >= 15 is 0 Å². The van der Waals surface area contributed by atoms with Crippen LogP contribution in [-0.2, 0) is 18.4 Å². The summed E-state index contributed by atoms with van der Waals surface area (Å²) in [7, 11) is 8.71. The number of pyridine rings is 1. The fourth-order valence-corrected chi connectivity index (χ4v) is 7.87. The van der Waals surface area contributed by atoms with Crippen molar-refractivity contribution >= 4 is 60.6 Å². The SMILES string of the molecule is COc1cc(OC)c(Br)c(-c2cc3cnc(NC(C)C)nc3n(C3CCN(C(=O)/C=C/C[N+](C)(C)Cc4c([N+](=O)[O-])ncn4C)CC3)c2=O)c1Br.[Br-]. The van der Waals surface area contributed by atoms with Crippen LogP contribution in [0.3, 0.4) is 0 Å². The Labute approximate surface area is 328 Å². The summed E-state index contributed by atoms with van der Waals surface area (Å²) in [6.45, 7) is 5.70. The summed E-state index contributed by atoms with van der Waals surface area (Å²) < 4.78 is 16.1. The Morgan fingerprint density at radius 3 is 2.35 bits per heavy atom. The smallest absolute Gasteiger partial charge is 0.390 e. The molecule has 0 atom stereocenters. The largest absolute Gasteiger partial charge is 1.00 e. The molecule has 0 aliphatic carbocycles. The van der Waals surface area contributed by atoms with Crippen LogP contribution >= 0.6 is 31.9 Å². The Bertz CT molecular complexity index is 2030. The van der Waals surface area contributed by atoms with Gasteiger partial charge in [-0.15, -0.1) is 0 Å². The van der Waals surface area contributed by atoms with Crippen molar-refractivity contribution < 1.29 is 40.7 Å². The molecule has 4 heterocycles. The molecule has 1 aliphatic heterocycles. The zero-order chi connectivity index (χ0) is 37.2. The first-order valence-electron chi connectivity index (χ1n) is 16.4. The van der Waals surface area contributed by atoms with Crippen molar-refractivity contribution in [3.63, 3.8) is 0 Å². The second kappa shape index (κ2) is 16.9. The number of anilines is 1. The van der Waals surface area contributed by atoms with Gasteiger partial charge in [0, 0.05) is 61.5 Å². The lowest BCUT2D eigenvalue weighted by Crippen LogP contribution is -3.00. The number of carbonyl (C=O) groups is 1. The van der Waals surface area contributed by atoms with Gasteiger partial charge in [-0.05, 0) is 80.6 Å². The van der Waals surface area contributed by atoms with E-state index in [0.717, 1.165) is 0 Å². The number of fused-ring (bicyclic) bond motifs is 1. The van der Waals surface area contributed by atoms with Gasteiger partial charge in [0.15, 0.2) is 5.69 Å². The fraction of sp³-hybridized carbons (Fsp3) is 0.441. The molecule has 1 amide bonds. The molecule has 18 heteroatoms. The molecule has 1 N–H and O–H groups in total. The number of amides is 1. The monoisotopic (exact) mass is 909 g/mol. The molecule has 1 aromatic carbocycles. The van der Waals surface area contributed by atoms with Gasteiger partial charge < -0.3 is 55.8 Å². The number of aromatic nitrogens is 5. The molecule has 52 heavy (non-hydrogen) atoms. The Balaban J connectivity index is 0.00000605. The first-order valence-corrected chi connectivity index (χ1v) is 18.0. The first kappa shape index (κ1) is 40.9. The lowest BCUT2D eigenvalue weighted by Gasteiger charge is -2.33. The number of likely N-dealkylation sites (tertiary alicyclic amines) is 1. The molecule has 15 nitrogen and oxygen atoms in total. The molecule has 4 aromatic rings. The molecule has 3 aromatic heterocycles. The highest BCUT2D eigenvalue weighted by molar-refractivity contribution is 9.11. The number of quaternary nitrogens is 1. The zero-order valence-electron chi connectivity index (χ0n) is 30.0. The number of hydrogen-bond donors (Lipinski definition) is 1. The van der Waals surface area contributed by atoms with Crippen LogP contribution in [0.25, 0.3) is 22.2 Å². The van der Waals surface area contributed by atoms with Crippen LogP contribution in [0.15, 0.2) is 50.5 Å². The highest BCUT2D eigenvalue weighted by Gasteiger charge is 2.30. The van der Waals surface area contributed by atoms with Gasteiger partial charge in [0.1, 0.15) is 23.7 Å².